The minimum absolute atomic E-state index is 0.296. The van der Waals surface area contributed by atoms with Crippen LogP contribution in [0.15, 0.2) is 0 Å². The molecule has 0 aromatic rings. The third-order valence-corrected chi connectivity index (χ3v) is 2.71. The first-order valence-corrected chi connectivity index (χ1v) is 4.96. The van der Waals surface area contributed by atoms with Gasteiger partial charge in [0.15, 0.2) is 0 Å². The van der Waals surface area contributed by atoms with E-state index in [1.54, 1.807) is 0 Å². The highest BCUT2D eigenvalue weighted by molar-refractivity contribution is 4.79. The van der Waals surface area contributed by atoms with Crippen molar-refractivity contribution in [3.63, 3.8) is 0 Å². The molecule has 1 fully saturated rings. The largest absolute Gasteiger partial charge is 0.330 e. The van der Waals surface area contributed by atoms with Crippen LogP contribution in [0.25, 0.3) is 0 Å². The maximum Gasteiger partial charge on any atom is 0.00449 e. The standard InChI is InChI=1S/C10H22N2/c1-9-4-5-12(6-9)8-10(2,3)7-11/h9H,4-8,11H2,1-3H3. The molecular weight excluding hydrogens is 148 g/mol. The Bertz CT molecular complexity index is 143. The van der Waals surface area contributed by atoms with Crippen molar-refractivity contribution < 1.29 is 0 Å². The number of hydrogen-bond donors (Lipinski definition) is 1. The van der Waals surface area contributed by atoms with Crippen molar-refractivity contribution in [3.8, 4) is 0 Å². The lowest BCUT2D eigenvalue weighted by atomic mass is 9.93. The smallest absolute Gasteiger partial charge is 0.00449 e. The molecule has 0 aromatic carbocycles. The van der Waals surface area contributed by atoms with Gasteiger partial charge in [0.05, 0.1) is 0 Å². The third kappa shape index (κ3) is 2.76. The predicted molar refractivity (Wildman–Crippen MR) is 53.1 cm³/mol. The summed E-state index contributed by atoms with van der Waals surface area (Å²) in [6, 6.07) is 0. The van der Waals surface area contributed by atoms with Gasteiger partial charge in [-0.3, -0.25) is 0 Å². The van der Waals surface area contributed by atoms with Gasteiger partial charge >= 0.3 is 0 Å². The molecule has 12 heavy (non-hydrogen) atoms. The Labute approximate surface area is 76.1 Å². The molecule has 0 aromatic heterocycles. The van der Waals surface area contributed by atoms with Crippen molar-refractivity contribution in [2.45, 2.75) is 27.2 Å². The van der Waals surface area contributed by atoms with Gasteiger partial charge in [-0.25, -0.2) is 0 Å². The summed E-state index contributed by atoms with van der Waals surface area (Å²) in [4.78, 5) is 2.54. The zero-order valence-electron chi connectivity index (χ0n) is 8.64. The summed E-state index contributed by atoms with van der Waals surface area (Å²) >= 11 is 0. The van der Waals surface area contributed by atoms with E-state index in [0.29, 0.717) is 5.41 Å². The predicted octanol–water partition coefficient (Wildman–Crippen LogP) is 1.31. The van der Waals surface area contributed by atoms with Crippen LogP contribution in [0.1, 0.15) is 27.2 Å². The first kappa shape index (κ1) is 10.0. The lowest BCUT2D eigenvalue weighted by molar-refractivity contribution is 0.211. The summed E-state index contributed by atoms with van der Waals surface area (Å²) in [6.45, 7) is 11.3. The van der Waals surface area contributed by atoms with Crippen LogP contribution < -0.4 is 5.73 Å². The third-order valence-electron chi connectivity index (χ3n) is 2.71. The molecule has 0 aliphatic carbocycles. The van der Waals surface area contributed by atoms with Gasteiger partial charge in [0, 0.05) is 13.1 Å². The molecule has 0 radical (unpaired) electrons. The monoisotopic (exact) mass is 170 g/mol. The fourth-order valence-corrected chi connectivity index (χ4v) is 1.84. The first-order chi connectivity index (χ1) is 5.53. The summed E-state index contributed by atoms with van der Waals surface area (Å²) in [5.74, 6) is 0.888. The first-order valence-electron chi connectivity index (χ1n) is 4.96. The van der Waals surface area contributed by atoms with Crippen LogP contribution in [-0.2, 0) is 0 Å². The molecule has 0 saturated carbocycles. The molecule has 1 atom stereocenters. The van der Waals surface area contributed by atoms with Crippen molar-refractivity contribution >= 4 is 0 Å². The number of nitrogens with zero attached hydrogens (tertiary/aromatic N) is 1. The topological polar surface area (TPSA) is 29.3 Å². The number of nitrogens with two attached hydrogens (primary N) is 1. The van der Waals surface area contributed by atoms with Crippen LogP contribution in [-0.4, -0.2) is 31.1 Å². The second-order valence-electron chi connectivity index (χ2n) is 5.00. The Hall–Kier alpha value is -0.0800. The average Bonchev–Trinajstić information content (AvgIpc) is 2.35. The van der Waals surface area contributed by atoms with Crippen LogP contribution in [0.5, 0.6) is 0 Å². The second kappa shape index (κ2) is 3.75. The molecule has 1 unspecified atom stereocenters. The molecule has 1 aliphatic heterocycles. The molecule has 0 bridgehead atoms. The lowest BCUT2D eigenvalue weighted by Gasteiger charge is -2.28. The van der Waals surface area contributed by atoms with Gasteiger partial charge < -0.3 is 10.6 Å². The van der Waals surface area contributed by atoms with E-state index in [4.69, 9.17) is 5.73 Å². The van der Waals surface area contributed by atoms with Gasteiger partial charge in [-0.05, 0) is 30.8 Å². The lowest BCUT2D eigenvalue weighted by Crippen LogP contribution is -2.37. The maximum atomic E-state index is 5.69. The fourth-order valence-electron chi connectivity index (χ4n) is 1.84. The van der Waals surface area contributed by atoms with Gasteiger partial charge in [-0.2, -0.15) is 0 Å². The molecule has 1 heterocycles. The minimum Gasteiger partial charge on any atom is -0.330 e. The average molecular weight is 170 g/mol. The van der Waals surface area contributed by atoms with E-state index in [9.17, 15) is 0 Å². The van der Waals surface area contributed by atoms with E-state index in [1.807, 2.05) is 0 Å². The van der Waals surface area contributed by atoms with E-state index in [2.05, 4.69) is 25.7 Å². The van der Waals surface area contributed by atoms with Crippen LogP contribution in [0, 0.1) is 11.3 Å². The molecule has 0 amide bonds. The Balaban J connectivity index is 2.32. The van der Waals surface area contributed by atoms with Crippen molar-refractivity contribution in [2.24, 2.45) is 17.1 Å². The number of rotatable bonds is 3. The van der Waals surface area contributed by atoms with Crippen LogP contribution >= 0.6 is 0 Å². The normalized spacial score (nSPS) is 26.5. The van der Waals surface area contributed by atoms with Crippen molar-refractivity contribution in [3.05, 3.63) is 0 Å². The van der Waals surface area contributed by atoms with E-state index in [1.165, 1.54) is 19.5 Å². The molecule has 1 rings (SSSR count). The van der Waals surface area contributed by atoms with Crippen molar-refractivity contribution in [1.29, 1.82) is 0 Å². The zero-order chi connectivity index (χ0) is 9.19. The number of likely N-dealkylation sites (tertiary alicyclic amines) is 1. The minimum atomic E-state index is 0.296. The number of hydrogen-bond acceptors (Lipinski definition) is 2. The SMILES string of the molecule is CC1CCN(CC(C)(C)CN)C1. The Morgan fingerprint density at radius 1 is 1.50 bits per heavy atom. The molecule has 1 saturated heterocycles. The van der Waals surface area contributed by atoms with Crippen LogP contribution in [0.2, 0.25) is 0 Å². The summed E-state index contributed by atoms with van der Waals surface area (Å²) in [5, 5.41) is 0. The van der Waals surface area contributed by atoms with Gasteiger partial charge in [-0.1, -0.05) is 20.8 Å². The molecule has 2 N–H and O–H groups in total. The van der Waals surface area contributed by atoms with Crippen molar-refractivity contribution in [2.75, 3.05) is 26.2 Å². The Morgan fingerprint density at radius 3 is 2.58 bits per heavy atom. The maximum absolute atomic E-state index is 5.69. The van der Waals surface area contributed by atoms with Gasteiger partial charge in [0.25, 0.3) is 0 Å². The van der Waals surface area contributed by atoms with Gasteiger partial charge in [-0.15, -0.1) is 0 Å². The highest BCUT2D eigenvalue weighted by Crippen LogP contribution is 2.21. The van der Waals surface area contributed by atoms with Crippen LogP contribution in [0.3, 0.4) is 0 Å². The summed E-state index contributed by atoms with van der Waals surface area (Å²) < 4.78 is 0. The molecular formula is C10H22N2. The quantitative estimate of drug-likeness (QED) is 0.692. The highest BCUT2D eigenvalue weighted by atomic mass is 15.1. The second-order valence-corrected chi connectivity index (χ2v) is 5.00. The Kier molecular flexibility index (Phi) is 3.13. The summed E-state index contributed by atoms with van der Waals surface area (Å²) in [5.41, 5.74) is 5.99. The summed E-state index contributed by atoms with van der Waals surface area (Å²) in [7, 11) is 0. The molecule has 1 aliphatic rings. The summed E-state index contributed by atoms with van der Waals surface area (Å²) in [6.07, 6.45) is 1.36. The Morgan fingerprint density at radius 2 is 2.17 bits per heavy atom. The van der Waals surface area contributed by atoms with E-state index < -0.39 is 0 Å². The molecule has 0 spiro atoms. The fraction of sp³-hybridized carbons (Fsp3) is 1.00. The van der Waals surface area contributed by atoms with Crippen molar-refractivity contribution in [1.82, 2.24) is 4.90 Å². The highest BCUT2D eigenvalue weighted by Gasteiger charge is 2.24. The molecule has 2 nitrogen and oxygen atoms in total. The van der Waals surface area contributed by atoms with E-state index >= 15 is 0 Å². The van der Waals surface area contributed by atoms with E-state index in [-0.39, 0.29) is 0 Å². The van der Waals surface area contributed by atoms with Crippen LogP contribution in [0.4, 0.5) is 0 Å². The van der Waals surface area contributed by atoms with Gasteiger partial charge in [0.2, 0.25) is 0 Å². The van der Waals surface area contributed by atoms with E-state index in [0.717, 1.165) is 19.0 Å². The molecule has 72 valence electrons. The molecule has 2 heteroatoms. The zero-order valence-corrected chi connectivity index (χ0v) is 8.64. The van der Waals surface area contributed by atoms with Gasteiger partial charge in [0.1, 0.15) is 0 Å².